The average Bonchev–Trinajstić information content (AvgIpc) is 2.17. The van der Waals surface area contributed by atoms with Gasteiger partial charge in [-0.2, -0.15) is 0 Å². The molecule has 0 aliphatic rings. The Bertz CT molecular complexity index is 446. The Balaban J connectivity index is 3.29. The van der Waals surface area contributed by atoms with Gasteiger partial charge in [-0.15, -0.1) is 0 Å². The van der Waals surface area contributed by atoms with Crippen molar-refractivity contribution in [2.45, 2.75) is 6.92 Å². The maximum Gasteiger partial charge on any atom is 0.342 e. The van der Waals surface area contributed by atoms with Gasteiger partial charge in [0.05, 0.1) is 11.5 Å². The Hall–Kier alpha value is -2.38. The van der Waals surface area contributed by atoms with Crippen LogP contribution in [0.15, 0.2) is 6.20 Å². The van der Waals surface area contributed by atoms with Crippen LogP contribution in [0.25, 0.3) is 0 Å². The molecule has 8 nitrogen and oxygen atoms in total. The third-order valence-electron chi connectivity index (χ3n) is 1.80. The second kappa shape index (κ2) is 4.43. The third kappa shape index (κ3) is 2.00. The fourth-order valence-electron chi connectivity index (χ4n) is 1.09. The predicted octanol–water partition coefficient (Wildman–Crippen LogP) is 0.331. The van der Waals surface area contributed by atoms with Crippen molar-refractivity contribution in [1.29, 1.82) is 0 Å². The van der Waals surface area contributed by atoms with Gasteiger partial charge in [0.1, 0.15) is 11.3 Å². The molecule has 0 aliphatic carbocycles. The van der Waals surface area contributed by atoms with E-state index in [1.807, 2.05) is 0 Å². The van der Waals surface area contributed by atoms with Gasteiger partial charge in [-0.1, -0.05) is 0 Å². The first-order valence-electron chi connectivity index (χ1n) is 4.34. The molecule has 0 fully saturated rings. The van der Waals surface area contributed by atoms with E-state index in [2.05, 4.69) is 9.72 Å². The molecule has 0 atom stereocenters. The van der Waals surface area contributed by atoms with Gasteiger partial charge in [-0.3, -0.25) is 10.1 Å². The number of hydrogen-bond donors (Lipinski definition) is 2. The minimum absolute atomic E-state index is 0.135. The molecule has 0 radical (unpaired) electrons. The molecule has 1 aromatic rings. The smallest absolute Gasteiger partial charge is 0.342 e. The molecule has 0 spiro atoms. The molecule has 86 valence electrons. The van der Waals surface area contributed by atoms with Crippen molar-refractivity contribution in [2.24, 2.45) is 0 Å². The summed E-state index contributed by atoms with van der Waals surface area (Å²) in [6.07, 6.45) is 1.05. The van der Waals surface area contributed by atoms with Crippen LogP contribution in [-0.2, 0) is 4.74 Å². The molecule has 1 heterocycles. The third-order valence-corrected chi connectivity index (χ3v) is 1.80. The van der Waals surface area contributed by atoms with Gasteiger partial charge in [0.15, 0.2) is 0 Å². The summed E-state index contributed by atoms with van der Waals surface area (Å²) in [7, 11) is 0. The molecule has 0 saturated carbocycles. The van der Waals surface area contributed by atoms with Crippen LogP contribution in [0.3, 0.4) is 0 Å². The van der Waals surface area contributed by atoms with Gasteiger partial charge in [0.2, 0.25) is 5.82 Å². The Morgan fingerprint density at radius 1 is 1.62 bits per heavy atom. The summed E-state index contributed by atoms with van der Waals surface area (Å²) in [5.74, 6) is -1.11. The molecular weight excluding hydrogens is 216 g/mol. The number of nitrogen functional groups attached to an aromatic ring is 2. The number of pyridine rings is 1. The van der Waals surface area contributed by atoms with E-state index >= 15 is 0 Å². The van der Waals surface area contributed by atoms with Gasteiger partial charge in [-0.05, 0) is 6.92 Å². The molecule has 0 aliphatic heterocycles. The van der Waals surface area contributed by atoms with E-state index in [0.29, 0.717) is 0 Å². The molecule has 1 rings (SSSR count). The molecular formula is C8H10N4O4. The molecule has 0 amide bonds. The lowest BCUT2D eigenvalue weighted by Crippen LogP contribution is -2.12. The predicted molar refractivity (Wildman–Crippen MR) is 55.7 cm³/mol. The highest BCUT2D eigenvalue weighted by atomic mass is 16.6. The molecule has 0 aromatic carbocycles. The zero-order valence-electron chi connectivity index (χ0n) is 8.47. The Morgan fingerprint density at radius 3 is 2.75 bits per heavy atom. The van der Waals surface area contributed by atoms with Crippen molar-refractivity contribution in [3.8, 4) is 0 Å². The first kappa shape index (κ1) is 11.7. The summed E-state index contributed by atoms with van der Waals surface area (Å²) in [6, 6.07) is 0. The van der Waals surface area contributed by atoms with E-state index in [-0.39, 0.29) is 23.7 Å². The van der Waals surface area contributed by atoms with Crippen molar-refractivity contribution < 1.29 is 14.5 Å². The Kier molecular flexibility index (Phi) is 3.24. The number of rotatable bonds is 3. The number of nitro groups is 1. The molecule has 1 aromatic heterocycles. The zero-order chi connectivity index (χ0) is 12.3. The topological polar surface area (TPSA) is 134 Å². The maximum absolute atomic E-state index is 11.3. The summed E-state index contributed by atoms with van der Waals surface area (Å²) in [4.78, 5) is 24.7. The SMILES string of the molecule is CCOC(=O)c1cnc(N)c([N+](=O)[O-])c1N. The number of carbonyl (C=O) groups is 1. The lowest BCUT2D eigenvalue weighted by atomic mass is 10.2. The highest BCUT2D eigenvalue weighted by Crippen LogP contribution is 2.29. The van der Waals surface area contributed by atoms with Crippen LogP contribution in [0.2, 0.25) is 0 Å². The number of ether oxygens (including phenoxy) is 1. The number of nitrogens with zero attached hydrogens (tertiary/aromatic N) is 2. The average molecular weight is 226 g/mol. The largest absolute Gasteiger partial charge is 0.462 e. The van der Waals surface area contributed by atoms with Crippen molar-refractivity contribution >= 4 is 23.2 Å². The number of nitrogens with two attached hydrogens (primary N) is 2. The second-order valence-electron chi connectivity index (χ2n) is 2.80. The minimum atomic E-state index is -0.791. The quantitative estimate of drug-likeness (QED) is 0.430. The first-order valence-corrected chi connectivity index (χ1v) is 4.34. The van der Waals surface area contributed by atoms with E-state index in [9.17, 15) is 14.9 Å². The molecule has 8 heteroatoms. The number of anilines is 2. The van der Waals surface area contributed by atoms with E-state index in [0.717, 1.165) is 6.20 Å². The fourth-order valence-corrected chi connectivity index (χ4v) is 1.09. The van der Waals surface area contributed by atoms with E-state index < -0.39 is 16.6 Å². The van der Waals surface area contributed by atoms with Crippen molar-refractivity contribution in [1.82, 2.24) is 4.98 Å². The van der Waals surface area contributed by atoms with Crippen LogP contribution in [0, 0.1) is 10.1 Å². The molecule has 0 unspecified atom stereocenters. The highest BCUT2D eigenvalue weighted by molar-refractivity contribution is 5.98. The monoisotopic (exact) mass is 226 g/mol. The summed E-state index contributed by atoms with van der Waals surface area (Å²) < 4.78 is 4.66. The van der Waals surface area contributed by atoms with Crippen LogP contribution in [0.5, 0.6) is 0 Å². The van der Waals surface area contributed by atoms with Crippen LogP contribution in [0.4, 0.5) is 17.2 Å². The first-order chi connectivity index (χ1) is 7.49. The van der Waals surface area contributed by atoms with Gasteiger partial charge in [0, 0.05) is 6.20 Å². The Labute approximate surface area is 90.4 Å². The second-order valence-corrected chi connectivity index (χ2v) is 2.80. The number of aromatic nitrogens is 1. The zero-order valence-corrected chi connectivity index (χ0v) is 8.47. The molecule has 4 N–H and O–H groups in total. The van der Waals surface area contributed by atoms with Gasteiger partial charge in [-0.25, -0.2) is 9.78 Å². The Morgan fingerprint density at radius 2 is 2.25 bits per heavy atom. The summed E-state index contributed by atoms with van der Waals surface area (Å²) in [5, 5.41) is 10.6. The van der Waals surface area contributed by atoms with Crippen LogP contribution >= 0.6 is 0 Å². The van der Waals surface area contributed by atoms with Gasteiger partial charge in [0.25, 0.3) is 0 Å². The van der Waals surface area contributed by atoms with Crippen LogP contribution in [-0.4, -0.2) is 22.5 Å². The van der Waals surface area contributed by atoms with Gasteiger partial charge >= 0.3 is 11.7 Å². The molecule has 0 saturated heterocycles. The standard InChI is InChI=1S/C8H10N4O4/c1-2-16-8(13)4-3-11-7(10)6(5(4)9)12(14)15/h3H,2H2,1H3,(H4,9,10,11). The van der Waals surface area contributed by atoms with E-state index in [1.165, 1.54) is 0 Å². The van der Waals surface area contributed by atoms with E-state index in [4.69, 9.17) is 11.5 Å². The van der Waals surface area contributed by atoms with E-state index in [1.54, 1.807) is 6.92 Å². The fraction of sp³-hybridized carbons (Fsp3) is 0.250. The van der Waals surface area contributed by atoms with Crippen LogP contribution < -0.4 is 11.5 Å². The summed E-state index contributed by atoms with van der Waals surface area (Å²) >= 11 is 0. The number of esters is 1. The maximum atomic E-state index is 11.3. The normalized spacial score (nSPS) is 9.81. The summed E-state index contributed by atoms with van der Waals surface area (Å²) in [6.45, 7) is 1.74. The molecule has 16 heavy (non-hydrogen) atoms. The van der Waals surface area contributed by atoms with Crippen LogP contribution in [0.1, 0.15) is 17.3 Å². The van der Waals surface area contributed by atoms with Crippen molar-refractivity contribution in [3.63, 3.8) is 0 Å². The number of carbonyl (C=O) groups excluding carboxylic acids is 1. The number of hydrogen-bond acceptors (Lipinski definition) is 7. The van der Waals surface area contributed by atoms with Crippen molar-refractivity contribution in [2.75, 3.05) is 18.1 Å². The summed E-state index contributed by atoms with van der Waals surface area (Å²) in [5.41, 5.74) is 9.65. The van der Waals surface area contributed by atoms with Crippen molar-refractivity contribution in [3.05, 3.63) is 21.9 Å². The lowest BCUT2D eigenvalue weighted by Gasteiger charge is -2.06. The van der Waals surface area contributed by atoms with Gasteiger partial charge < -0.3 is 16.2 Å². The molecule has 0 bridgehead atoms. The lowest BCUT2D eigenvalue weighted by molar-refractivity contribution is -0.383. The highest BCUT2D eigenvalue weighted by Gasteiger charge is 2.24. The minimum Gasteiger partial charge on any atom is -0.462 e.